The summed E-state index contributed by atoms with van der Waals surface area (Å²) >= 11 is 1.55. The Bertz CT molecular complexity index is 655. The first kappa shape index (κ1) is 14.9. The number of aliphatic imine (C=N–C) groups is 1. The van der Waals surface area contributed by atoms with Crippen molar-refractivity contribution in [3.8, 4) is 0 Å². The van der Waals surface area contributed by atoms with Crippen LogP contribution < -0.4 is 5.73 Å². The Labute approximate surface area is 134 Å². The molecule has 2 aliphatic heterocycles. The highest BCUT2D eigenvalue weighted by atomic mass is 32.2. The van der Waals surface area contributed by atoms with Gasteiger partial charge >= 0.3 is 0 Å². The quantitative estimate of drug-likeness (QED) is 0.882. The van der Waals surface area contributed by atoms with Crippen molar-refractivity contribution in [1.82, 2.24) is 20.1 Å². The monoisotopic (exact) mass is 316 g/mol. The van der Waals surface area contributed by atoms with Crippen molar-refractivity contribution in [2.75, 3.05) is 19.3 Å². The molecule has 0 atom stereocenters. The Kier molecular flexibility index (Phi) is 4.62. The highest BCUT2D eigenvalue weighted by Gasteiger charge is 2.10. The van der Waals surface area contributed by atoms with E-state index in [1.807, 2.05) is 0 Å². The fourth-order valence-corrected chi connectivity index (χ4v) is 2.98. The molecule has 0 unspecified atom stereocenters. The van der Waals surface area contributed by atoms with E-state index in [0.29, 0.717) is 11.6 Å². The topological polar surface area (TPSA) is 83.2 Å². The average molecular weight is 316 g/mol. The summed E-state index contributed by atoms with van der Waals surface area (Å²) in [6.45, 7) is 1.05. The Balaban J connectivity index is 1.63. The summed E-state index contributed by atoms with van der Waals surface area (Å²) in [4.78, 5) is 11.1. The molecule has 0 aliphatic carbocycles. The minimum atomic E-state index is 0.617. The van der Waals surface area contributed by atoms with Crippen molar-refractivity contribution in [1.29, 1.82) is 0 Å². The molecule has 0 fully saturated rings. The molecule has 3 N–H and O–H groups in total. The number of nitrogens with zero attached hydrogens (tertiary/aromatic N) is 4. The second-order valence-corrected chi connectivity index (χ2v) is 6.41. The van der Waals surface area contributed by atoms with E-state index in [1.165, 1.54) is 5.57 Å². The molecule has 0 saturated carbocycles. The molecule has 3 heterocycles. The summed E-state index contributed by atoms with van der Waals surface area (Å²) in [7, 11) is 2.09. The number of amidine groups is 1. The van der Waals surface area contributed by atoms with Gasteiger partial charge < -0.3 is 10.6 Å². The number of thioether (sulfide) groups is 1. The van der Waals surface area contributed by atoms with Crippen molar-refractivity contribution >= 4 is 16.9 Å². The van der Waals surface area contributed by atoms with Gasteiger partial charge in [-0.2, -0.15) is 5.10 Å². The van der Waals surface area contributed by atoms with E-state index >= 15 is 0 Å². The predicted octanol–water partition coefficient (Wildman–Crippen LogP) is 1.61. The second kappa shape index (κ2) is 6.83. The summed E-state index contributed by atoms with van der Waals surface area (Å²) in [5.41, 5.74) is 7.95. The molecule has 116 valence electrons. The zero-order chi connectivity index (χ0) is 15.4. The molecular weight excluding hydrogens is 296 g/mol. The standard InChI is InChI=1S/C15H20N6S/c1-21-6-2-3-11(4-7-21)9-13-18-14(20-19-13)10-12-5-8-22-15(16)17-12/h3-5,7H,2,6,8-10H2,1H3,(H2,16,17)(H,18,19,20). The molecule has 0 saturated heterocycles. The number of allylic oxidation sites excluding steroid dienone is 3. The molecule has 2 aliphatic rings. The Morgan fingerprint density at radius 3 is 3.14 bits per heavy atom. The number of nitrogens with one attached hydrogen (secondary N) is 1. The molecule has 0 radical (unpaired) electrons. The van der Waals surface area contributed by atoms with Crippen LogP contribution in [0.1, 0.15) is 18.1 Å². The molecule has 0 bridgehead atoms. The zero-order valence-electron chi connectivity index (χ0n) is 12.6. The SMILES string of the molecule is CN1C=CC(Cc2nc(CC3=CCSC(N)=N3)n[nH]2)=CCC1. The number of aromatic nitrogens is 3. The first-order valence-electron chi connectivity index (χ1n) is 7.32. The van der Waals surface area contributed by atoms with Gasteiger partial charge in [-0.3, -0.25) is 5.10 Å². The van der Waals surface area contributed by atoms with Crippen LogP contribution in [0.25, 0.3) is 0 Å². The molecule has 0 aromatic carbocycles. The largest absolute Gasteiger partial charge is 0.380 e. The van der Waals surface area contributed by atoms with Crippen LogP contribution in [0.15, 0.2) is 40.7 Å². The van der Waals surface area contributed by atoms with E-state index in [-0.39, 0.29) is 0 Å². The van der Waals surface area contributed by atoms with Gasteiger partial charge in [0.15, 0.2) is 11.0 Å². The van der Waals surface area contributed by atoms with Crippen LogP contribution in [-0.4, -0.2) is 44.6 Å². The van der Waals surface area contributed by atoms with E-state index in [0.717, 1.165) is 42.5 Å². The molecule has 1 aromatic rings. The first-order chi connectivity index (χ1) is 10.7. The minimum Gasteiger partial charge on any atom is -0.380 e. The third kappa shape index (κ3) is 4.00. The van der Waals surface area contributed by atoms with E-state index in [1.54, 1.807) is 11.8 Å². The predicted molar refractivity (Wildman–Crippen MR) is 90.4 cm³/mol. The Morgan fingerprint density at radius 2 is 2.27 bits per heavy atom. The lowest BCUT2D eigenvalue weighted by atomic mass is 10.1. The van der Waals surface area contributed by atoms with Crippen LogP contribution in [0.4, 0.5) is 0 Å². The highest BCUT2D eigenvalue weighted by molar-refractivity contribution is 8.13. The molecule has 3 rings (SSSR count). The van der Waals surface area contributed by atoms with E-state index in [4.69, 9.17) is 5.73 Å². The van der Waals surface area contributed by atoms with Gasteiger partial charge in [0.2, 0.25) is 0 Å². The average Bonchev–Trinajstić information content (AvgIpc) is 2.81. The normalized spacial score (nSPS) is 18.6. The van der Waals surface area contributed by atoms with Crippen LogP contribution in [0.2, 0.25) is 0 Å². The van der Waals surface area contributed by atoms with Crippen molar-refractivity contribution < 1.29 is 0 Å². The lowest BCUT2D eigenvalue weighted by Gasteiger charge is -2.08. The van der Waals surface area contributed by atoms with Gasteiger partial charge in [-0.1, -0.05) is 23.9 Å². The Morgan fingerprint density at radius 1 is 1.36 bits per heavy atom. The third-order valence-electron chi connectivity index (χ3n) is 3.52. The van der Waals surface area contributed by atoms with Crippen LogP contribution in [0.3, 0.4) is 0 Å². The number of hydrogen-bond acceptors (Lipinski definition) is 6. The summed E-state index contributed by atoms with van der Waals surface area (Å²) in [5, 5.41) is 7.92. The molecule has 22 heavy (non-hydrogen) atoms. The van der Waals surface area contributed by atoms with E-state index < -0.39 is 0 Å². The van der Waals surface area contributed by atoms with Gasteiger partial charge in [-0.15, -0.1) is 0 Å². The smallest absolute Gasteiger partial charge is 0.159 e. The molecule has 6 nitrogen and oxygen atoms in total. The highest BCUT2D eigenvalue weighted by Crippen LogP contribution is 2.16. The number of hydrogen-bond donors (Lipinski definition) is 2. The van der Waals surface area contributed by atoms with E-state index in [2.05, 4.69) is 56.5 Å². The molecule has 0 spiro atoms. The maximum absolute atomic E-state index is 5.74. The maximum Gasteiger partial charge on any atom is 0.159 e. The van der Waals surface area contributed by atoms with Gasteiger partial charge in [-0.05, 0) is 24.3 Å². The summed E-state index contributed by atoms with van der Waals surface area (Å²) in [5.74, 6) is 2.52. The molecule has 1 aromatic heterocycles. The molecule has 7 heteroatoms. The van der Waals surface area contributed by atoms with Crippen molar-refractivity contribution in [2.45, 2.75) is 19.3 Å². The van der Waals surface area contributed by atoms with Gasteiger partial charge in [0.25, 0.3) is 0 Å². The van der Waals surface area contributed by atoms with E-state index in [9.17, 15) is 0 Å². The van der Waals surface area contributed by atoms with Gasteiger partial charge in [0.05, 0.1) is 6.42 Å². The van der Waals surface area contributed by atoms with Crippen molar-refractivity contribution in [3.63, 3.8) is 0 Å². The van der Waals surface area contributed by atoms with Gasteiger partial charge in [-0.25, -0.2) is 9.98 Å². The van der Waals surface area contributed by atoms with Crippen LogP contribution in [-0.2, 0) is 12.8 Å². The maximum atomic E-state index is 5.74. The Hall–Kier alpha value is -2.02. The lowest BCUT2D eigenvalue weighted by Crippen LogP contribution is -2.11. The number of nitrogens with two attached hydrogens (primary N) is 1. The van der Waals surface area contributed by atoms with Gasteiger partial charge in [0, 0.05) is 31.5 Å². The number of H-pyrrole nitrogens is 1. The minimum absolute atomic E-state index is 0.617. The fraction of sp³-hybridized carbons (Fsp3) is 0.400. The number of aromatic amines is 1. The summed E-state index contributed by atoms with van der Waals surface area (Å²) < 4.78 is 0. The fourth-order valence-electron chi connectivity index (χ4n) is 2.35. The van der Waals surface area contributed by atoms with Crippen molar-refractivity contribution in [3.05, 3.63) is 47.3 Å². The van der Waals surface area contributed by atoms with Gasteiger partial charge in [0.1, 0.15) is 5.82 Å². The molecular formula is C15H20N6S. The van der Waals surface area contributed by atoms with Crippen molar-refractivity contribution in [2.24, 2.45) is 10.7 Å². The second-order valence-electron chi connectivity index (χ2n) is 5.37. The first-order valence-corrected chi connectivity index (χ1v) is 8.31. The summed E-state index contributed by atoms with van der Waals surface area (Å²) in [6.07, 6.45) is 11.0. The summed E-state index contributed by atoms with van der Waals surface area (Å²) in [6, 6.07) is 0. The number of rotatable bonds is 4. The lowest BCUT2D eigenvalue weighted by molar-refractivity contribution is 0.468. The van der Waals surface area contributed by atoms with Crippen LogP contribution in [0.5, 0.6) is 0 Å². The van der Waals surface area contributed by atoms with Crippen LogP contribution in [0, 0.1) is 0 Å². The zero-order valence-corrected chi connectivity index (χ0v) is 13.4. The molecule has 0 amide bonds. The third-order valence-corrected chi connectivity index (χ3v) is 4.24. The van der Waals surface area contributed by atoms with Crippen LogP contribution >= 0.6 is 11.8 Å².